The fraction of sp³-hybridized carbons (Fsp3) is 0.312. The van der Waals surface area contributed by atoms with Gasteiger partial charge in [0.05, 0.1) is 4.92 Å². The Hall–Kier alpha value is -3.22. The number of carbonyl (C=O) groups is 1. The number of hydrogen-bond acceptors (Lipinski definition) is 9. The van der Waals surface area contributed by atoms with Crippen LogP contribution in [0.15, 0.2) is 41.3 Å². The molecule has 156 valence electrons. The van der Waals surface area contributed by atoms with Crippen LogP contribution in [0.25, 0.3) is 0 Å². The number of H-pyrrole nitrogens is 1. The molecule has 2 aromatic rings. The molecule has 12 nitrogen and oxygen atoms in total. The number of halogens is 1. The van der Waals surface area contributed by atoms with Crippen molar-refractivity contribution in [1.29, 1.82) is 0 Å². The van der Waals surface area contributed by atoms with Gasteiger partial charge in [-0.25, -0.2) is 4.79 Å². The topological polar surface area (TPSA) is 160 Å². The molecule has 0 saturated carbocycles. The summed E-state index contributed by atoms with van der Waals surface area (Å²) in [6, 6.07) is 7.06. The van der Waals surface area contributed by atoms with Gasteiger partial charge >= 0.3 is 11.8 Å². The van der Waals surface area contributed by atoms with Gasteiger partial charge in [-0.15, -0.1) is 0 Å². The lowest BCUT2D eigenvalue weighted by molar-refractivity contribution is -0.771. The largest absolute Gasteiger partial charge is 1.00 e. The zero-order chi connectivity index (χ0) is 20.1. The number of rotatable bonds is 6. The van der Waals surface area contributed by atoms with Crippen molar-refractivity contribution in [1.82, 2.24) is 4.98 Å². The maximum atomic E-state index is 11.8. The van der Waals surface area contributed by atoms with Gasteiger partial charge in [0.25, 0.3) is 5.69 Å². The number of anilines is 1. The fourth-order valence-corrected chi connectivity index (χ4v) is 2.40. The zero-order valence-electron chi connectivity index (χ0n) is 14.9. The molecule has 0 amide bonds. The molecule has 0 unspecified atom stereocenters. The number of ether oxygens (including phenoxy) is 4. The number of nitro benzene ring substituents is 1. The van der Waals surface area contributed by atoms with E-state index >= 15 is 0 Å². The van der Waals surface area contributed by atoms with Crippen LogP contribution in [0.4, 0.5) is 16.3 Å². The highest BCUT2D eigenvalue weighted by Crippen LogP contribution is 2.16. The Bertz CT molecular complexity index is 920. The van der Waals surface area contributed by atoms with Crippen molar-refractivity contribution in [3.8, 4) is 0 Å². The number of nitrogens with two attached hydrogens (primary N) is 1. The number of hydrogen-bond donors (Lipinski definition) is 2. The highest BCUT2D eigenvalue weighted by atomic mass is 35.5. The predicted octanol–water partition coefficient (Wildman–Crippen LogP) is -2.62. The molecule has 3 N–H and O–H groups in total. The van der Waals surface area contributed by atoms with Gasteiger partial charge in [-0.05, 0) is 17.7 Å². The second-order valence-corrected chi connectivity index (χ2v) is 5.74. The van der Waals surface area contributed by atoms with E-state index in [-0.39, 0.29) is 43.7 Å². The van der Waals surface area contributed by atoms with E-state index in [2.05, 4.69) is 4.98 Å². The van der Waals surface area contributed by atoms with Crippen molar-refractivity contribution in [2.45, 2.75) is 19.1 Å². The van der Waals surface area contributed by atoms with E-state index in [1.807, 2.05) is 0 Å². The van der Waals surface area contributed by atoms with E-state index in [1.165, 1.54) is 41.1 Å². The summed E-state index contributed by atoms with van der Waals surface area (Å²) in [5.41, 5.74) is 5.53. The lowest BCUT2D eigenvalue weighted by atomic mass is 10.2. The maximum Gasteiger partial charge on any atom is 0.508 e. The molecule has 0 bridgehead atoms. The first-order chi connectivity index (χ1) is 13.4. The molecule has 13 heteroatoms. The quantitative estimate of drug-likeness (QED) is 0.217. The third kappa shape index (κ3) is 5.88. The zero-order valence-corrected chi connectivity index (χ0v) is 15.6. The van der Waals surface area contributed by atoms with E-state index in [4.69, 9.17) is 24.7 Å². The number of nitrogen functional groups attached to an aromatic ring is 1. The number of carbonyl (C=O) groups excluding carboxylic acids is 1. The molecule has 3 rings (SSSR count). The lowest BCUT2D eigenvalue weighted by Crippen LogP contribution is -3.00. The van der Waals surface area contributed by atoms with Crippen molar-refractivity contribution in [2.24, 2.45) is 0 Å². The van der Waals surface area contributed by atoms with Crippen molar-refractivity contribution >= 4 is 17.7 Å². The summed E-state index contributed by atoms with van der Waals surface area (Å²) in [7, 11) is 0. The minimum absolute atomic E-state index is 0. The third-order valence-corrected chi connectivity index (χ3v) is 3.79. The summed E-state index contributed by atoms with van der Waals surface area (Å²) in [4.78, 5) is 36.0. The summed E-state index contributed by atoms with van der Waals surface area (Å²) in [5.74, 6) is 0.218. The summed E-state index contributed by atoms with van der Waals surface area (Å²) in [6.07, 6.45) is -1.04. The van der Waals surface area contributed by atoms with Crippen LogP contribution in [0.5, 0.6) is 0 Å². The van der Waals surface area contributed by atoms with E-state index in [1.54, 1.807) is 0 Å². The highest BCUT2D eigenvalue weighted by Gasteiger charge is 2.33. The van der Waals surface area contributed by atoms with Gasteiger partial charge in [-0.3, -0.25) is 10.1 Å². The fourth-order valence-electron chi connectivity index (χ4n) is 2.40. The van der Waals surface area contributed by atoms with E-state index < -0.39 is 29.3 Å². The summed E-state index contributed by atoms with van der Waals surface area (Å²) in [6.45, 7) is -0.255. The van der Waals surface area contributed by atoms with Gasteiger partial charge in [0.2, 0.25) is 6.23 Å². The SMILES string of the molecule is Nc1cc[n+]([C@@H]2CO[C@H](COC(=O)OCc3ccc([N+](=O)[O-])cc3)O2)c(=O)[nH]1.[Cl-]. The molecular formula is C16H17ClN4O8. The number of nitrogens with one attached hydrogen (secondary N) is 1. The average molecular weight is 429 g/mol. The van der Waals surface area contributed by atoms with E-state index in [9.17, 15) is 19.7 Å². The molecule has 29 heavy (non-hydrogen) atoms. The minimum atomic E-state index is -0.952. The molecule has 1 aromatic heterocycles. The molecule has 2 heterocycles. The Balaban J connectivity index is 0.00000300. The monoisotopic (exact) mass is 428 g/mol. The van der Waals surface area contributed by atoms with Crippen LogP contribution in [0.3, 0.4) is 0 Å². The van der Waals surface area contributed by atoms with Crippen LogP contribution in [-0.4, -0.2) is 35.6 Å². The first kappa shape index (κ1) is 22.1. The summed E-state index contributed by atoms with van der Waals surface area (Å²) < 4.78 is 21.9. The van der Waals surface area contributed by atoms with Crippen LogP contribution in [0, 0.1) is 10.1 Å². The Labute approximate surface area is 169 Å². The predicted molar refractivity (Wildman–Crippen MR) is 90.8 cm³/mol. The van der Waals surface area contributed by atoms with Gasteiger partial charge in [0.1, 0.15) is 26.0 Å². The first-order valence-electron chi connectivity index (χ1n) is 8.12. The summed E-state index contributed by atoms with van der Waals surface area (Å²) >= 11 is 0. The molecule has 1 saturated heterocycles. The van der Waals surface area contributed by atoms with Gasteiger partial charge in [0, 0.05) is 18.2 Å². The smallest absolute Gasteiger partial charge is 0.508 e. The number of aromatic nitrogens is 2. The van der Waals surface area contributed by atoms with Crippen molar-refractivity contribution < 1.29 is 45.6 Å². The number of nitrogens with zero attached hydrogens (tertiary/aromatic N) is 2. The third-order valence-electron chi connectivity index (χ3n) is 3.79. The summed E-state index contributed by atoms with van der Waals surface area (Å²) in [5, 5.41) is 10.6. The van der Waals surface area contributed by atoms with Crippen molar-refractivity contribution in [2.75, 3.05) is 18.9 Å². The van der Waals surface area contributed by atoms with Crippen LogP contribution in [0.2, 0.25) is 0 Å². The van der Waals surface area contributed by atoms with Gasteiger partial charge in [-0.1, -0.05) is 0 Å². The molecule has 2 atom stereocenters. The van der Waals surface area contributed by atoms with Crippen LogP contribution in [-0.2, 0) is 25.6 Å². The number of benzene rings is 1. The van der Waals surface area contributed by atoms with Crippen LogP contribution >= 0.6 is 0 Å². The molecule has 1 aromatic carbocycles. The molecular weight excluding hydrogens is 412 g/mol. The van der Waals surface area contributed by atoms with Crippen LogP contribution in [0.1, 0.15) is 11.8 Å². The number of aromatic amines is 1. The van der Waals surface area contributed by atoms with Gasteiger partial charge in [0.15, 0.2) is 12.1 Å². The van der Waals surface area contributed by atoms with Gasteiger partial charge < -0.3 is 37.1 Å². The standard InChI is InChI=1S/C16H16N4O8.ClH/c17-12-5-6-19(15(21)18-12)13-8-25-14(28-13)9-27-16(22)26-7-10-1-3-11(4-2-10)20(23)24;/h1-6,13-14H,7-9H2,(H2,17,18,21);1H/t13-,14-;/m0./s1. The Morgan fingerprint density at radius 3 is 2.69 bits per heavy atom. The number of nitro groups is 1. The Kier molecular flexibility index (Phi) is 7.47. The minimum Gasteiger partial charge on any atom is -1.00 e. The maximum absolute atomic E-state index is 11.8. The highest BCUT2D eigenvalue weighted by molar-refractivity contribution is 5.59. The average Bonchev–Trinajstić information content (AvgIpc) is 3.13. The number of non-ortho nitro benzene ring substituents is 1. The van der Waals surface area contributed by atoms with Crippen molar-refractivity contribution in [3.05, 3.63) is 62.7 Å². The van der Waals surface area contributed by atoms with E-state index in [0.717, 1.165) is 0 Å². The molecule has 0 aliphatic carbocycles. The normalized spacial score (nSPS) is 17.9. The molecule has 0 radical (unpaired) electrons. The van der Waals surface area contributed by atoms with Gasteiger partial charge in [-0.2, -0.15) is 14.3 Å². The molecule has 1 fully saturated rings. The Morgan fingerprint density at radius 1 is 1.31 bits per heavy atom. The molecule has 0 spiro atoms. The Morgan fingerprint density at radius 2 is 2.03 bits per heavy atom. The molecule has 1 aliphatic rings. The second-order valence-electron chi connectivity index (χ2n) is 5.74. The van der Waals surface area contributed by atoms with Crippen molar-refractivity contribution in [3.63, 3.8) is 0 Å². The van der Waals surface area contributed by atoms with E-state index in [0.29, 0.717) is 5.56 Å². The second kappa shape index (κ2) is 9.82. The lowest BCUT2D eigenvalue weighted by Gasteiger charge is -2.11. The van der Waals surface area contributed by atoms with Crippen LogP contribution < -0.4 is 28.4 Å². The first-order valence-corrected chi connectivity index (χ1v) is 8.12. The molecule has 1 aliphatic heterocycles.